The maximum atomic E-state index is 12.7. The predicted octanol–water partition coefficient (Wildman–Crippen LogP) is 3.01. The molecule has 6 heteroatoms. The molecule has 0 bridgehead atoms. The van der Waals surface area contributed by atoms with Gasteiger partial charge in [-0.1, -0.05) is 27.7 Å². The van der Waals surface area contributed by atoms with Gasteiger partial charge in [-0.15, -0.1) is 0 Å². The average Bonchev–Trinajstić information content (AvgIpc) is 3.07. The van der Waals surface area contributed by atoms with Crippen LogP contribution in [0.1, 0.15) is 68.2 Å². The Bertz CT molecular complexity index is 375. The molecule has 0 radical (unpaired) electrons. The van der Waals surface area contributed by atoms with Crippen LogP contribution in [0.25, 0.3) is 0 Å². The van der Waals surface area contributed by atoms with E-state index in [-0.39, 0.29) is 17.9 Å². The van der Waals surface area contributed by atoms with E-state index in [4.69, 9.17) is 0 Å². The van der Waals surface area contributed by atoms with Crippen LogP contribution in [0.2, 0.25) is 0 Å². The van der Waals surface area contributed by atoms with Gasteiger partial charge in [-0.3, -0.25) is 9.59 Å². The van der Waals surface area contributed by atoms with Gasteiger partial charge in [0, 0.05) is 33.5 Å². The Morgan fingerprint density at radius 2 is 1.58 bits per heavy atom. The first-order valence-corrected chi connectivity index (χ1v) is 9.03. The average molecular weight is 349 g/mol. The minimum atomic E-state index is -0.816. The van der Waals surface area contributed by atoms with Gasteiger partial charge >= 0.3 is 0 Å². The molecule has 0 aromatic rings. The van der Waals surface area contributed by atoms with E-state index in [1.165, 1.54) is 13.8 Å². The second-order valence-corrected chi connectivity index (χ2v) is 5.95. The van der Waals surface area contributed by atoms with E-state index >= 15 is 0 Å². The number of nitrogens with zero attached hydrogens (tertiary/aromatic N) is 2. The highest BCUT2D eigenvalue weighted by molar-refractivity contribution is 5.74. The number of aliphatic hydroxyl groups is 1. The van der Waals surface area contributed by atoms with E-state index in [2.05, 4.69) is 0 Å². The molecule has 5 nitrogen and oxygen atoms in total. The Kier molecular flexibility index (Phi) is 12.8. The first kappa shape index (κ1) is 25.1. The topological polar surface area (TPSA) is 60.9 Å². The summed E-state index contributed by atoms with van der Waals surface area (Å²) < 4.78 is 12.7. The lowest BCUT2D eigenvalue weighted by Crippen LogP contribution is -2.34. The van der Waals surface area contributed by atoms with Gasteiger partial charge in [0.2, 0.25) is 11.8 Å². The lowest BCUT2D eigenvalue weighted by atomic mass is 10.1. The number of carbonyl (C=O) groups is 2. The van der Waals surface area contributed by atoms with E-state index in [1.807, 2.05) is 27.7 Å². The Morgan fingerprint density at radius 3 is 1.75 bits per heavy atom. The third-order valence-corrected chi connectivity index (χ3v) is 3.96. The van der Waals surface area contributed by atoms with Crippen LogP contribution in [0.3, 0.4) is 0 Å². The van der Waals surface area contributed by atoms with Crippen molar-refractivity contribution in [1.82, 2.24) is 9.80 Å². The van der Waals surface area contributed by atoms with E-state index in [9.17, 15) is 19.1 Å². The van der Waals surface area contributed by atoms with Crippen molar-refractivity contribution in [3.05, 3.63) is 0 Å². The number of likely N-dealkylation sites (tertiary alicyclic amines) is 2. The van der Waals surface area contributed by atoms with Gasteiger partial charge in [0.1, 0.15) is 6.17 Å². The fraction of sp³-hybridized carbons (Fsp3) is 0.889. The summed E-state index contributed by atoms with van der Waals surface area (Å²) in [7, 11) is 0. The first-order chi connectivity index (χ1) is 11.1. The highest BCUT2D eigenvalue weighted by Crippen LogP contribution is 2.20. The van der Waals surface area contributed by atoms with Crippen LogP contribution in [0, 0.1) is 0 Å². The molecule has 2 saturated heterocycles. The number of carbonyl (C=O) groups excluding carboxylic acids is 2. The monoisotopic (exact) mass is 348 g/mol. The van der Waals surface area contributed by atoms with E-state index < -0.39 is 11.8 Å². The number of amides is 2. The zero-order valence-corrected chi connectivity index (χ0v) is 16.7. The standard InChI is InChI=1S/C7H12FNO.C7H13NO2.2C2H6/c1-5-7(8)3-4-9(5)6(2)10;1-6(9)8-4-3-7(2,10)5-8;2*1-2/h5,7H,3-4H2,1-2H3;10H,3-5H2,1-2H3;2*1-2H3/t5-,7-;7-;;/m10../s1. The zero-order chi connectivity index (χ0) is 19.5. The molecule has 0 spiro atoms. The Hall–Kier alpha value is -1.17. The summed E-state index contributed by atoms with van der Waals surface area (Å²) in [5.41, 5.74) is -0.647. The smallest absolute Gasteiger partial charge is 0.219 e. The quantitative estimate of drug-likeness (QED) is 0.732. The molecule has 2 aliphatic heterocycles. The van der Waals surface area contributed by atoms with Crippen LogP contribution in [0.15, 0.2) is 0 Å². The molecule has 2 heterocycles. The van der Waals surface area contributed by atoms with E-state index in [0.29, 0.717) is 32.5 Å². The summed E-state index contributed by atoms with van der Waals surface area (Å²) in [6, 6.07) is -0.211. The minimum Gasteiger partial charge on any atom is -0.388 e. The van der Waals surface area contributed by atoms with Crippen molar-refractivity contribution in [2.45, 2.75) is 86.0 Å². The van der Waals surface area contributed by atoms with E-state index in [1.54, 1.807) is 23.6 Å². The summed E-state index contributed by atoms with van der Waals surface area (Å²) in [6.07, 6.45) is 0.386. The van der Waals surface area contributed by atoms with Gasteiger partial charge in [-0.05, 0) is 26.7 Å². The molecule has 0 aromatic heterocycles. The molecule has 2 fully saturated rings. The van der Waals surface area contributed by atoms with Gasteiger partial charge < -0.3 is 14.9 Å². The van der Waals surface area contributed by atoms with Gasteiger partial charge in [-0.2, -0.15) is 0 Å². The molecule has 24 heavy (non-hydrogen) atoms. The Labute approximate surface area is 147 Å². The van der Waals surface area contributed by atoms with Gasteiger partial charge in [0.25, 0.3) is 0 Å². The van der Waals surface area contributed by atoms with Crippen molar-refractivity contribution in [2.24, 2.45) is 0 Å². The third-order valence-electron chi connectivity index (χ3n) is 3.96. The third kappa shape index (κ3) is 8.62. The fourth-order valence-electron chi connectivity index (χ4n) is 2.56. The van der Waals surface area contributed by atoms with Crippen LogP contribution in [-0.4, -0.2) is 64.2 Å². The molecule has 3 atom stereocenters. The lowest BCUT2D eigenvalue weighted by molar-refractivity contribution is -0.130. The molecule has 0 saturated carbocycles. The summed E-state index contributed by atoms with van der Waals surface area (Å²) in [5, 5.41) is 9.42. The van der Waals surface area contributed by atoms with Crippen molar-refractivity contribution in [3.63, 3.8) is 0 Å². The van der Waals surface area contributed by atoms with Gasteiger partial charge in [-0.25, -0.2) is 4.39 Å². The van der Waals surface area contributed by atoms with Crippen LogP contribution in [0.5, 0.6) is 0 Å². The minimum absolute atomic E-state index is 0.0207. The molecule has 2 amide bonds. The predicted molar refractivity (Wildman–Crippen MR) is 96.6 cm³/mol. The Balaban J connectivity index is 0. The van der Waals surface area contributed by atoms with Crippen molar-refractivity contribution < 1.29 is 19.1 Å². The molecule has 0 aromatic carbocycles. The van der Waals surface area contributed by atoms with Gasteiger partial charge in [0.15, 0.2) is 0 Å². The summed E-state index contributed by atoms with van der Waals surface area (Å²) in [6.45, 7) is 16.3. The second-order valence-electron chi connectivity index (χ2n) is 5.95. The summed E-state index contributed by atoms with van der Waals surface area (Å²) in [4.78, 5) is 24.8. The van der Waals surface area contributed by atoms with Crippen LogP contribution in [-0.2, 0) is 9.59 Å². The zero-order valence-electron chi connectivity index (χ0n) is 16.7. The number of halogens is 1. The number of β-amino-alcohol motifs (C(OH)–C–C–N with tert-alkyl or cyclic N) is 1. The Morgan fingerprint density at radius 1 is 1.08 bits per heavy atom. The number of rotatable bonds is 0. The fourth-order valence-corrected chi connectivity index (χ4v) is 2.56. The van der Waals surface area contributed by atoms with Crippen LogP contribution in [0.4, 0.5) is 4.39 Å². The highest BCUT2D eigenvalue weighted by Gasteiger charge is 2.32. The molecule has 144 valence electrons. The maximum Gasteiger partial charge on any atom is 0.219 e. The number of alkyl halides is 1. The van der Waals surface area contributed by atoms with Crippen molar-refractivity contribution >= 4 is 11.8 Å². The molecule has 0 aliphatic carbocycles. The lowest BCUT2D eigenvalue weighted by Gasteiger charge is -2.19. The molecule has 1 N–H and O–H groups in total. The SMILES string of the molecule is CC.CC.CC(=O)N1CC[C@@H](F)[C@H]1C.CC(=O)N1CC[C@](C)(O)C1. The van der Waals surface area contributed by atoms with Crippen LogP contribution < -0.4 is 0 Å². The number of hydrogen-bond donors (Lipinski definition) is 1. The van der Waals surface area contributed by atoms with Crippen molar-refractivity contribution in [2.75, 3.05) is 19.6 Å². The highest BCUT2D eigenvalue weighted by atomic mass is 19.1. The first-order valence-electron chi connectivity index (χ1n) is 9.03. The summed E-state index contributed by atoms with van der Waals surface area (Å²) >= 11 is 0. The maximum absolute atomic E-state index is 12.7. The molecule has 2 aliphatic rings. The molecule has 2 rings (SSSR count). The molecule has 0 unspecified atom stereocenters. The van der Waals surface area contributed by atoms with E-state index in [0.717, 1.165) is 0 Å². The summed E-state index contributed by atoms with van der Waals surface area (Å²) in [5.74, 6) is 0.0328. The van der Waals surface area contributed by atoms with Crippen molar-refractivity contribution in [3.8, 4) is 0 Å². The molecular formula is C18H37FN2O3. The molecular weight excluding hydrogens is 311 g/mol. The van der Waals surface area contributed by atoms with Gasteiger partial charge in [0.05, 0.1) is 11.6 Å². The largest absolute Gasteiger partial charge is 0.388 e. The number of hydrogen-bond acceptors (Lipinski definition) is 3. The second kappa shape index (κ2) is 12.2. The van der Waals surface area contributed by atoms with Crippen molar-refractivity contribution in [1.29, 1.82) is 0 Å². The van der Waals surface area contributed by atoms with Crippen LogP contribution >= 0.6 is 0 Å². The normalized spacial score (nSPS) is 27.9.